The second kappa shape index (κ2) is 5.55. The fraction of sp³-hybridized carbons (Fsp3) is 0.357. The van der Waals surface area contributed by atoms with E-state index in [0.717, 1.165) is 22.0 Å². The summed E-state index contributed by atoms with van der Waals surface area (Å²) in [7, 11) is 0. The van der Waals surface area contributed by atoms with Crippen LogP contribution in [0.5, 0.6) is 0 Å². The SMILES string of the molecule is Cc1nc(CNC(C)c2ccccc2Cl)oc1C. The summed E-state index contributed by atoms with van der Waals surface area (Å²) in [5.41, 5.74) is 2.02. The van der Waals surface area contributed by atoms with Gasteiger partial charge in [0.1, 0.15) is 5.76 Å². The van der Waals surface area contributed by atoms with Crippen molar-refractivity contribution >= 4 is 11.6 Å². The number of aryl methyl sites for hydroxylation is 2. The minimum Gasteiger partial charge on any atom is -0.444 e. The Bertz CT molecular complexity index is 517. The molecule has 0 aliphatic carbocycles. The molecule has 96 valence electrons. The lowest BCUT2D eigenvalue weighted by molar-refractivity contribution is 0.432. The number of rotatable bonds is 4. The van der Waals surface area contributed by atoms with E-state index in [9.17, 15) is 0 Å². The Morgan fingerprint density at radius 3 is 2.67 bits per heavy atom. The molecule has 1 N–H and O–H groups in total. The standard InChI is InChI=1S/C14H17ClN2O/c1-9-11(3)18-14(17-9)8-16-10(2)12-6-4-5-7-13(12)15/h4-7,10,16H,8H2,1-3H3. The average Bonchev–Trinajstić information content (AvgIpc) is 2.66. The van der Waals surface area contributed by atoms with Gasteiger partial charge in [0, 0.05) is 11.1 Å². The van der Waals surface area contributed by atoms with Crippen molar-refractivity contribution in [3.05, 3.63) is 52.2 Å². The zero-order chi connectivity index (χ0) is 13.1. The monoisotopic (exact) mass is 264 g/mol. The number of benzene rings is 1. The quantitative estimate of drug-likeness (QED) is 0.913. The van der Waals surface area contributed by atoms with Gasteiger partial charge in [-0.1, -0.05) is 29.8 Å². The van der Waals surface area contributed by atoms with E-state index in [1.165, 1.54) is 0 Å². The molecule has 1 heterocycles. The summed E-state index contributed by atoms with van der Waals surface area (Å²) in [5.74, 6) is 1.58. The van der Waals surface area contributed by atoms with Gasteiger partial charge in [-0.25, -0.2) is 4.98 Å². The van der Waals surface area contributed by atoms with Crippen LogP contribution >= 0.6 is 11.6 Å². The van der Waals surface area contributed by atoms with Crippen LogP contribution in [0, 0.1) is 13.8 Å². The average molecular weight is 265 g/mol. The van der Waals surface area contributed by atoms with Crippen LogP contribution in [0.15, 0.2) is 28.7 Å². The lowest BCUT2D eigenvalue weighted by Crippen LogP contribution is -2.18. The van der Waals surface area contributed by atoms with Crippen molar-refractivity contribution in [1.82, 2.24) is 10.3 Å². The van der Waals surface area contributed by atoms with Crippen LogP contribution in [0.2, 0.25) is 5.02 Å². The first-order valence-corrected chi connectivity index (χ1v) is 6.36. The van der Waals surface area contributed by atoms with Crippen LogP contribution in [-0.2, 0) is 6.54 Å². The van der Waals surface area contributed by atoms with Gasteiger partial charge < -0.3 is 9.73 Å². The summed E-state index contributed by atoms with van der Waals surface area (Å²) >= 11 is 6.15. The molecule has 2 rings (SSSR count). The summed E-state index contributed by atoms with van der Waals surface area (Å²) in [4.78, 5) is 4.34. The van der Waals surface area contributed by atoms with Crippen molar-refractivity contribution in [3.8, 4) is 0 Å². The summed E-state index contributed by atoms with van der Waals surface area (Å²) < 4.78 is 5.52. The third-order valence-electron chi connectivity index (χ3n) is 3.00. The molecule has 2 aromatic rings. The van der Waals surface area contributed by atoms with Crippen molar-refractivity contribution in [2.45, 2.75) is 33.4 Å². The van der Waals surface area contributed by atoms with Gasteiger partial charge in [-0.15, -0.1) is 0 Å². The van der Waals surface area contributed by atoms with E-state index in [2.05, 4.69) is 17.2 Å². The Hall–Kier alpha value is -1.32. The van der Waals surface area contributed by atoms with E-state index >= 15 is 0 Å². The van der Waals surface area contributed by atoms with Crippen LogP contribution in [0.25, 0.3) is 0 Å². The van der Waals surface area contributed by atoms with Gasteiger partial charge in [0.2, 0.25) is 5.89 Å². The van der Waals surface area contributed by atoms with E-state index in [1.807, 2.05) is 38.1 Å². The summed E-state index contributed by atoms with van der Waals surface area (Å²) in [6, 6.07) is 7.99. The van der Waals surface area contributed by atoms with E-state index in [-0.39, 0.29) is 6.04 Å². The zero-order valence-corrected chi connectivity index (χ0v) is 11.6. The van der Waals surface area contributed by atoms with Crippen LogP contribution in [0.3, 0.4) is 0 Å². The predicted molar refractivity (Wildman–Crippen MR) is 72.7 cm³/mol. The maximum absolute atomic E-state index is 6.15. The molecule has 1 atom stereocenters. The second-order valence-electron chi connectivity index (χ2n) is 4.37. The normalized spacial score (nSPS) is 12.7. The molecule has 0 aliphatic rings. The van der Waals surface area contributed by atoms with Gasteiger partial charge in [-0.3, -0.25) is 0 Å². The minimum absolute atomic E-state index is 0.159. The molecule has 1 aromatic carbocycles. The number of hydrogen-bond acceptors (Lipinski definition) is 3. The summed E-state index contributed by atoms with van der Waals surface area (Å²) in [6.07, 6.45) is 0. The van der Waals surface area contributed by atoms with Gasteiger partial charge in [-0.2, -0.15) is 0 Å². The fourth-order valence-electron chi connectivity index (χ4n) is 1.79. The molecular formula is C14H17ClN2O. The number of aromatic nitrogens is 1. The summed E-state index contributed by atoms with van der Waals surface area (Å²) in [6.45, 7) is 6.54. The number of nitrogens with one attached hydrogen (secondary N) is 1. The second-order valence-corrected chi connectivity index (χ2v) is 4.78. The lowest BCUT2D eigenvalue weighted by atomic mass is 10.1. The molecule has 0 aliphatic heterocycles. The zero-order valence-electron chi connectivity index (χ0n) is 10.8. The van der Waals surface area contributed by atoms with Crippen molar-refractivity contribution in [3.63, 3.8) is 0 Å². The molecule has 0 spiro atoms. The minimum atomic E-state index is 0.159. The molecular weight excluding hydrogens is 248 g/mol. The first-order chi connectivity index (χ1) is 8.58. The maximum atomic E-state index is 6.15. The lowest BCUT2D eigenvalue weighted by Gasteiger charge is -2.14. The highest BCUT2D eigenvalue weighted by Gasteiger charge is 2.11. The van der Waals surface area contributed by atoms with E-state index in [0.29, 0.717) is 12.4 Å². The molecule has 0 saturated carbocycles. The molecule has 3 nitrogen and oxygen atoms in total. The van der Waals surface area contributed by atoms with E-state index in [4.69, 9.17) is 16.0 Å². The first kappa shape index (κ1) is 13.1. The highest BCUT2D eigenvalue weighted by molar-refractivity contribution is 6.31. The van der Waals surface area contributed by atoms with Crippen molar-refractivity contribution in [2.24, 2.45) is 0 Å². The smallest absolute Gasteiger partial charge is 0.208 e. The molecule has 4 heteroatoms. The number of nitrogens with zero attached hydrogens (tertiary/aromatic N) is 1. The van der Waals surface area contributed by atoms with Crippen LogP contribution in [-0.4, -0.2) is 4.98 Å². The Labute approximate surface area is 112 Å². The van der Waals surface area contributed by atoms with Crippen LogP contribution < -0.4 is 5.32 Å². The van der Waals surface area contributed by atoms with E-state index < -0.39 is 0 Å². The largest absolute Gasteiger partial charge is 0.444 e. The molecule has 1 aromatic heterocycles. The number of halogens is 1. The third kappa shape index (κ3) is 2.92. The highest BCUT2D eigenvalue weighted by Crippen LogP contribution is 2.22. The van der Waals surface area contributed by atoms with Gasteiger partial charge in [0.25, 0.3) is 0 Å². The number of oxazole rings is 1. The van der Waals surface area contributed by atoms with Gasteiger partial charge >= 0.3 is 0 Å². The van der Waals surface area contributed by atoms with Crippen molar-refractivity contribution in [1.29, 1.82) is 0 Å². The molecule has 1 unspecified atom stereocenters. The van der Waals surface area contributed by atoms with E-state index in [1.54, 1.807) is 0 Å². The molecule has 18 heavy (non-hydrogen) atoms. The fourth-order valence-corrected chi connectivity index (χ4v) is 2.09. The van der Waals surface area contributed by atoms with Crippen molar-refractivity contribution in [2.75, 3.05) is 0 Å². The topological polar surface area (TPSA) is 38.1 Å². The Morgan fingerprint density at radius 1 is 1.33 bits per heavy atom. The summed E-state index contributed by atoms with van der Waals surface area (Å²) in [5, 5.41) is 4.13. The molecule has 0 radical (unpaired) electrons. The Morgan fingerprint density at radius 2 is 2.06 bits per heavy atom. The van der Waals surface area contributed by atoms with Gasteiger partial charge in [0.05, 0.1) is 12.2 Å². The van der Waals surface area contributed by atoms with Gasteiger partial charge in [0.15, 0.2) is 0 Å². The first-order valence-electron chi connectivity index (χ1n) is 5.98. The predicted octanol–water partition coefficient (Wildman–Crippen LogP) is 3.80. The maximum Gasteiger partial charge on any atom is 0.208 e. The Balaban J connectivity index is 2.00. The van der Waals surface area contributed by atoms with Crippen molar-refractivity contribution < 1.29 is 4.42 Å². The Kier molecular flexibility index (Phi) is 4.04. The third-order valence-corrected chi connectivity index (χ3v) is 3.35. The van der Waals surface area contributed by atoms with Gasteiger partial charge in [-0.05, 0) is 32.4 Å². The number of hydrogen-bond donors (Lipinski definition) is 1. The molecule has 0 amide bonds. The molecule has 0 saturated heterocycles. The van der Waals surface area contributed by atoms with Crippen LogP contribution in [0.1, 0.15) is 35.9 Å². The highest BCUT2D eigenvalue weighted by atomic mass is 35.5. The molecule has 0 fully saturated rings. The van der Waals surface area contributed by atoms with Crippen LogP contribution in [0.4, 0.5) is 0 Å². The molecule has 0 bridgehead atoms.